The predicted octanol–water partition coefficient (Wildman–Crippen LogP) is 1.98. The van der Waals surface area contributed by atoms with E-state index in [4.69, 9.17) is 5.73 Å². The van der Waals surface area contributed by atoms with E-state index >= 15 is 0 Å². The highest BCUT2D eigenvalue weighted by Crippen LogP contribution is 2.23. The van der Waals surface area contributed by atoms with Crippen molar-refractivity contribution in [3.8, 4) is 0 Å². The molecule has 0 fully saturated rings. The molecule has 0 bridgehead atoms. The Morgan fingerprint density at radius 2 is 1.87 bits per heavy atom. The van der Waals surface area contributed by atoms with Crippen LogP contribution in [0.2, 0.25) is 0 Å². The van der Waals surface area contributed by atoms with Gasteiger partial charge in [0.25, 0.3) is 0 Å². The zero-order valence-electron chi connectivity index (χ0n) is 8.74. The average Bonchev–Trinajstić information content (AvgIpc) is 2.20. The van der Waals surface area contributed by atoms with Crippen LogP contribution in [0, 0.1) is 17.6 Å². The maximum atomic E-state index is 13.3. The molecule has 0 aliphatic rings. The molecule has 0 aromatic heterocycles. The van der Waals surface area contributed by atoms with Crippen LogP contribution in [0.5, 0.6) is 0 Å². The van der Waals surface area contributed by atoms with Crippen molar-refractivity contribution >= 4 is 0 Å². The summed E-state index contributed by atoms with van der Waals surface area (Å²) in [7, 11) is 0. The van der Waals surface area contributed by atoms with E-state index in [2.05, 4.69) is 0 Å². The van der Waals surface area contributed by atoms with Crippen molar-refractivity contribution in [2.75, 3.05) is 0 Å². The van der Waals surface area contributed by atoms with Crippen molar-refractivity contribution < 1.29 is 13.9 Å². The summed E-state index contributed by atoms with van der Waals surface area (Å²) in [6.07, 6.45) is -0.888. The van der Waals surface area contributed by atoms with Gasteiger partial charge in [-0.05, 0) is 12.0 Å². The van der Waals surface area contributed by atoms with Crippen LogP contribution in [-0.2, 0) is 0 Å². The predicted molar refractivity (Wildman–Crippen MR) is 54.1 cm³/mol. The molecule has 3 N–H and O–H groups in total. The molecule has 0 saturated heterocycles. The highest BCUT2D eigenvalue weighted by molar-refractivity contribution is 5.23. The van der Waals surface area contributed by atoms with Crippen LogP contribution in [0.1, 0.15) is 25.5 Å². The molecule has 0 heterocycles. The van der Waals surface area contributed by atoms with Gasteiger partial charge in [-0.25, -0.2) is 8.78 Å². The SMILES string of the molecule is CC(C)[C@@H](O)[C@@H](N)c1cccc(F)c1F. The van der Waals surface area contributed by atoms with Crippen LogP contribution < -0.4 is 5.73 Å². The minimum absolute atomic E-state index is 0.0104. The van der Waals surface area contributed by atoms with Crippen LogP contribution in [0.3, 0.4) is 0 Å². The van der Waals surface area contributed by atoms with E-state index in [1.165, 1.54) is 12.1 Å². The van der Waals surface area contributed by atoms with Gasteiger partial charge >= 0.3 is 0 Å². The zero-order valence-corrected chi connectivity index (χ0v) is 8.74. The third-order valence-electron chi connectivity index (χ3n) is 2.39. The summed E-state index contributed by atoms with van der Waals surface area (Å²) in [6.45, 7) is 3.53. The lowest BCUT2D eigenvalue weighted by molar-refractivity contribution is 0.0964. The van der Waals surface area contributed by atoms with Gasteiger partial charge in [-0.3, -0.25) is 0 Å². The van der Waals surface area contributed by atoms with E-state index in [0.29, 0.717) is 0 Å². The van der Waals surface area contributed by atoms with E-state index in [1.807, 2.05) is 0 Å². The molecule has 0 aliphatic heterocycles. The second-order valence-corrected chi connectivity index (χ2v) is 3.90. The first-order chi connectivity index (χ1) is 6.95. The standard InChI is InChI=1S/C11H15F2NO/c1-6(2)11(15)10(14)7-4-3-5-8(12)9(7)13/h3-6,10-11,15H,14H2,1-2H3/t10-,11+/m0/s1. The molecule has 2 nitrogen and oxygen atoms in total. The van der Waals surface area contributed by atoms with Crippen molar-refractivity contribution in [1.82, 2.24) is 0 Å². The van der Waals surface area contributed by atoms with Gasteiger partial charge in [-0.1, -0.05) is 26.0 Å². The normalized spacial score (nSPS) is 15.4. The van der Waals surface area contributed by atoms with Crippen LogP contribution in [0.25, 0.3) is 0 Å². The number of aliphatic hydroxyl groups excluding tert-OH is 1. The fraction of sp³-hybridized carbons (Fsp3) is 0.455. The first kappa shape index (κ1) is 12.1. The van der Waals surface area contributed by atoms with E-state index in [9.17, 15) is 13.9 Å². The van der Waals surface area contributed by atoms with Gasteiger partial charge in [-0.15, -0.1) is 0 Å². The molecule has 0 radical (unpaired) electrons. The van der Waals surface area contributed by atoms with Gasteiger partial charge in [0.1, 0.15) is 0 Å². The smallest absolute Gasteiger partial charge is 0.163 e. The van der Waals surface area contributed by atoms with Crippen LogP contribution in [0.4, 0.5) is 8.78 Å². The fourth-order valence-corrected chi connectivity index (χ4v) is 1.38. The number of hydrogen-bond acceptors (Lipinski definition) is 2. The van der Waals surface area contributed by atoms with E-state index in [0.717, 1.165) is 6.07 Å². The van der Waals surface area contributed by atoms with Crippen molar-refractivity contribution in [2.45, 2.75) is 26.0 Å². The van der Waals surface area contributed by atoms with E-state index in [1.54, 1.807) is 13.8 Å². The highest BCUT2D eigenvalue weighted by atomic mass is 19.2. The summed E-state index contributed by atoms with van der Waals surface area (Å²) >= 11 is 0. The van der Waals surface area contributed by atoms with Gasteiger partial charge in [0.2, 0.25) is 0 Å². The molecular weight excluding hydrogens is 200 g/mol. The molecule has 2 atom stereocenters. The lowest BCUT2D eigenvalue weighted by atomic mass is 9.94. The van der Waals surface area contributed by atoms with Gasteiger partial charge in [0, 0.05) is 5.56 Å². The number of nitrogens with two attached hydrogens (primary N) is 1. The maximum absolute atomic E-state index is 13.3. The first-order valence-corrected chi connectivity index (χ1v) is 4.82. The molecule has 1 rings (SSSR count). The van der Waals surface area contributed by atoms with E-state index in [-0.39, 0.29) is 11.5 Å². The molecule has 84 valence electrons. The largest absolute Gasteiger partial charge is 0.391 e. The quantitative estimate of drug-likeness (QED) is 0.809. The Bertz CT molecular complexity index is 341. The third-order valence-corrected chi connectivity index (χ3v) is 2.39. The van der Waals surface area contributed by atoms with Crippen LogP contribution in [-0.4, -0.2) is 11.2 Å². The number of benzene rings is 1. The molecule has 0 saturated carbocycles. The van der Waals surface area contributed by atoms with Crippen molar-refractivity contribution in [1.29, 1.82) is 0 Å². The zero-order chi connectivity index (χ0) is 11.6. The van der Waals surface area contributed by atoms with Crippen molar-refractivity contribution in [3.05, 3.63) is 35.4 Å². The molecule has 4 heteroatoms. The number of halogens is 2. The minimum atomic E-state index is -0.982. The van der Waals surface area contributed by atoms with Gasteiger partial charge in [-0.2, -0.15) is 0 Å². The summed E-state index contributed by atoms with van der Waals surface area (Å²) in [6, 6.07) is 2.88. The molecular formula is C11H15F2NO. The van der Waals surface area contributed by atoms with Crippen LogP contribution in [0.15, 0.2) is 18.2 Å². The van der Waals surface area contributed by atoms with Crippen LogP contribution >= 0.6 is 0 Å². The average molecular weight is 215 g/mol. The summed E-state index contributed by atoms with van der Waals surface area (Å²) in [4.78, 5) is 0. The highest BCUT2D eigenvalue weighted by Gasteiger charge is 2.23. The molecule has 0 amide bonds. The van der Waals surface area contributed by atoms with Crippen molar-refractivity contribution in [2.24, 2.45) is 11.7 Å². The minimum Gasteiger partial charge on any atom is -0.391 e. The maximum Gasteiger partial charge on any atom is 0.163 e. The van der Waals surface area contributed by atoms with Crippen molar-refractivity contribution in [3.63, 3.8) is 0 Å². The van der Waals surface area contributed by atoms with Gasteiger partial charge in [0.05, 0.1) is 12.1 Å². The molecule has 1 aromatic carbocycles. The molecule has 0 aliphatic carbocycles. The molecule has 1 aromatic rings. The molecule has 0 unspecified atom stereocenters. The molecule has 15 heavy (non-hydrogen) atoms. The number of aliphatic hydroxyl groups is 1. The second kappa shape index (κ2) is 4.68. The topological polar surface area (TPSA) is 46.2 Å². The Hall–Kier alpha value is -1.00. The number of rotatable bonds is 3. The van der Waals surface area contributed by atoms with Gasteiger partial charge < -0.3 is 10.8 Å². The third kappa shape index (κ3) is 2.52. The number of hydrogen-bond donors (Lipinski definition) is 2. The summed E-state index contributed by atoms with van der Waals surface area (Å²) < 4.78 is 26.2. The van der Waals surface area contributed by atoms with Gasteiger partial charge in [0.15, 0.2) is 11.6 Å². The lowest BCUT2D eigenvalue weighted by Gasteiger charge is -2.22. The monoisotopic (exact) mass is 215 g/mol. The fourth-order valence-electron chi connectivity index (χ4n) is 1.38. The lowest BCUT2D eigenvalue weighted by Crippen LogP contribution is -2.31. The Labute approximate surface area is 87.7 Å². The Morgan fingerprint density at radius 1 is 1.27 bits per heavy atom. The summed E-state index contributed by atoms with van der Waals surface area (Å²) in [5.41, 5.74) is 5.66. The Kier molecular flexibility index (Phi) is 3.77. The van der Waals surface area contributed by atoms with E-state index < -0.39 is 23.8 Å². The Morgan fingerprint density at radius 3 is 2.40 bits per heavy atom. The summed E-state index contributed by atoms with van der Waals surface area (Å²) in [5, 5.41) is 9.65. The first-order valence-electron chi connectivity index (χ1n) is 4.82. The second-order valence-electron chi connectivity index (χ2n) is 3.90. The Balaban J connectivity index is 3.01. The summed E-state index contributed by atoms with van der Waals surface area (Å²) in [5.74, 6) is -2.04. The molecule has 0 spiro atoms.